The van der Waals surface area contributed by atoms with Gasteiger partial charge in [0, 0.05) is 48.7 Å². The maximum Gasteiger partial charge on any atom is 0.200 e. The highest BCUT2D eigenvalue weighted by Gasteiger charge is 2.43. The van der Waals surface area contributed by atoms with Crippen LogP contribution in [0.4, 0.5) is 22.7 Å². The maximum absolute atomic E-state index is 13.9. The molecule has 6 aliphatic rings. The Hall–Kier alpha value is -6.36. The Morgan fingerprint density at radius 2 is 0.514 bits per heavy atom. The molecule has 4 heterocycles. The van der Waals surface area contributed by atoms with Crippen LogP contribution in [0.15, 0.2) is 48.5 Å². The lowest BCUT2D eigenvalue weighted by Crippen LogP contribution is -2.56. The number of carbonyl (C=O) groups excluding carboxylic acids is 4. The molecule has 8 N–H and O–H groups in total. The fourth-order valence-electron chi connectivity index (χ4n) is 10.8. The van der Waals surface area contributed by atoms with Gasteiger partial charge in [0.05, 0.1) is 112 Å². The Balaban J connectivity index is 0.000000174. The number of piperazine rings is 2. The van der Waals surface area contributed by atoms with Gasteiger partial charge in [0.1, 0.15) is 75.4 Å². The zero-order valence-corrected chi connectivity index (χ0v) is 40.1. The number of ketones is 4. The summed E-state index contributed by atoms with van der Waals surface area (Å²) in [6.07, 6.45) is 1.40. The molecule has 372 valence electrons. The summed E-state index contributed by atoms with van der Waals surface area (Å²) in [7, 11) is 6.96. The van der Waals surface area contributed by atoms with E-state index in [4.69, 9.17) is 0 Å². The van der Waals surface area contributed by atoms with Crippen molar-refractivity contribution < 1.29 is 79.0 Å². The van der Waals surface area contributed by atoms with E-state index in [1.165, 1.54) is 24.3 Å². The molecule has 0 bridgehead atoms. The lowest BCUT2D eigenvalue weighted by atomic mass is 9.80. The molecular weight excluding hydrogens is 905 g/mol. The summed E-state index contributed by atoms with van der Waals surface area (Å²) in [5, 5.41) is 83.7. The van der Waals surface area contributed by atoms with Crippen molar-refractivity contribution in [3.8, 4) is 23.0 Å². The molecule has 4 saturated heterocycles. The molecule has 0 radical (unpaired) electrons. The third kappa shape index (κ3) is 8.89. The molecule has 2 atom stereocenters. The van der Waals surface area contributed by atoms with Gasteiger partial charge in [-0.1, -0.05) is 0 Å². The number of rotatable bonds is 4. The predicted octanol–water partition coefficient (Wildman–Crippen LogP) is 3.15. The van der Waals surface area contributed by atoms with Crippen molar-refractivity contribution in [3.05, 3.63) is 93.0 Å². The number of fused-ring (bicyclic) bond motifs is 4. The highest BCUT2D eigenvalue weighted by Crippen LogP contribution is 2.46. The molecule has 0 spiro atoms. The molecule has 2 aliphatic carbocycles. The molecule has 2 unspecified atom stereocenters. The van der Waals surface area contributed by atoms with Crippen LogP contribution in [-0.2, 0) is 0 Å². The Bertz CT molecular complexity index is 2620. The Kier molecular flexibility index (Phi) is 12.4. The lowest BCUT2D eigenvalue weighted by molar-refractivity contribution is -1.09. The zero-order chi connectivity index (χ0) is 50.2. The number of hydroxylamine groups is 12. The van der Waals surface area contributed by atoms with Gasteiger partial charge in [-0.25, -0.2) is 20.8 Å². The SMILES string of the molecule is C[N+]1(O)CCCN(c2ccc(N3CCC[N+](C)(O)CC3)c3c2C(=O)c2c(O)ccc(O)c2C3=O)CC1.C[N+]1(O)CCN(c2ccc(N3CC[N+](C)(O)CC3)c3c2C(=O)c2c(O)ccc(O)c2C3=O)CC1. The van der Waals surface area contributed by atoms with Crippen molar-refractivity contribution in [2.75, 3.05) is 153 Å². The van der Waals surface area contributed by atoms with E-state index in [9.17, 15) is 60.4 Å². The largest absolute Gasteiger partial charge is 0.507 e. The molecule has 20 heteroatoms. The molecule has 20 nitrogen and oxygen atoms in total. The van der Waals surface area contributed by atoms with Crippen molar-refractivity contribution in [1.82, 2.24) is 0 Å². The summed E-state index contributed by atoms with van der Waals surface area (Å²) in [6.45, 7) is 8.04. The fraction of sp³-hybridized carbons (Fsp3) is 0.440. The van der Waals surface area contributed by atoms with Gasteiger partial charge in [0.2, 0.25) is 23.1 Å². The van der Waals surface area contributed by atoms with Gasteiger partial charge in [-0.2, -0.15) is 18.6 Å². The van der Waals surface area contributed by atoms with Crippen LogP contribution in [0, 0.1) is 0 Å². The molecule has 0 aromatic heterocycles. The second kappa shape index (κ2) is 17.8. The van der Waals surface area contributed by atoms with E-state index >= 15 is 0 Å². The minimum atomic E-state index is -0.513. The van der Waals surface area contributed by atoms with E-state index in [0.29, 0.717) is 140 Å². The molecule has 10 rings (SSSR count). The smallest absolute Gasteiger partial charge is 0.200 e. The van der Waals surface area contributed by atoms with E-state index in [0.717, 1.165) is 0 Å². The molecule has 0 amide bonds. The first kappa shape index (κ1) is 48.7. The topological polar surface area (TPSA) is 243 Å². The second-order valence-corrected chi connectivity index (χ2v) is 20.5. The summed E-state index contributed by atoms with van der Waals surface area (Å²) < 4.78 is -0.472. The van der Waals surface area contributed by atoms with Crippen molar-refractivity contribution in [1.29, 1.82) is 0 Å². The van der Waals surface area contributed by atoms with E-state index in [-0.39, 0.29) is 86.1 Å². The number of quaternary nitrogens is 4. The molecular formula is C50H64N8O12+4. The summed E-state index contributed by atoms with van der Waals surface area (Å²) >= 11 is 0. The van der Waals surface area contributed by atoms with Gasteiger partial charge in [-0.15, -0.1) is 0 Å². The van der Waals surface area contributed by atoms with Crippen LogP contribution in [0.2, 0.25) is 0 Å². The van der Waals surface area contributed by atoms with Crippen LogP contribution >= 0.6 is 0 Å². The third-order valence-electron chi connectivity index (χ3n) is 15.1. The summed E-state index contributed by atoms with van der Waals surface area (Å²) in [6, 6.07) is 12.2. The standard InChI is InChI=1S/C26H32N4O6.C24H28N4O6/c1-29(35)13-3-9-27(11-15-29)17-5-6-18(28-10-4-14-30(2,36)16-12-28)22-21(17)25(33)23-19(31)7-8-20(32)24(23)26(22)34;1-27(33)11-7-25(8-12-27)15-3-4-16(26-9-13-28(2,34)14-10-26)20-19(15)23(31)21-17(29)5-6-18(30)22(21)24(20)32/h5-8,35-36H,3-4,9-16H2,1-2H3;3-6,33-34H,7-14H2,1-2H3/p+4. The predicted molar refractivity (Wildman–Crippen MR) is 255 cm³/mol. The fourth-order valence-corrected chi connectivity index (χ4v) is 10.8. The minimum absolute atomic E-state index is 0.118. The Morgan fingerprint density at radius 3 is 0.743 bits per heavy atom. The van der Waals surface area contributed by atoms with Crippen LogP contribution < -0.4 is 19.6 Å². The number of benzene rings is 4. The lowest BCUT2D eigenvalue weighted by Gasteiger charge is -2.40. The van der Waals surface area contributed by atoms with Crippen LogP contribution in [0.5, 0.6) is 23.0 Å². The number of hydrogen-bond acceptors (Lipinski definition) is 16. The number of phenolic OH excluding ortho intramolecular Hbond substituents is 4. The summed E-state index contributed by atoms with van der Waals surface area (Å²) in [4.78, 5) is 63.5. The normalized spacial score (nSPS) is 24.1. The molecule has 4 aromatic rings. The van der Waals surface area contributed by atoms with Crippen LogP contribution in [0.3, 0.4) is 0 Å². The van der Waals surface area contributed by atoms with E-state index < -0.39 is 23.1 Å². The number of carbonyl (C=O) groups is 4. The summed E-state index contributed by atoms with van der Waals surface area (Å²) in [5.74, 6) is -3.43. The number of anilines is 4. The molecule has 4 fully saturated rings. The average molecular weight is 969 g/mol. The molecule has 4 aromatic carbocycles. The van der Waals surface area contributed by atoms with Gasteiger partial charge in [-0.05, 0) is 48.5 Å². The number of nitrogens with zero attached hydrogens (tertiary/aromatic N) is 8. The Morgan fingerprint density at radius 1 is 0.314 bits per heavy atom. The second-order valence-electron chi connectivity index (χ2n) is 20.5. The molecule has 0 saturated carbocycles. The third-order valence-corrected chi connectivity index (χ3v) is 15.1. The van der Waals surface area contributed by atoms with Gasteiger partial charge < -0.3 is 40.0 Å². The number of hydrogen-bond donors (Lipinski definition) is 8. The molecule has 70 heavy (non-hydrogen) atoms. The van der Waals surface area contributed by atoms with Crippen molar-refractivity contribution in [2.24, 2.45) is 0 Å². The first-order valence-electron chi connectivity index (χ1n) is 23.9. The van der Waals surface area contributed by atoms with E-state index in [2.05, 4.69) is 0 Å². The van der Waals surface area contributed by atoms with E-state index in [1.54, 1.807) is 28.2 Å². The quantitative estimate of drug-likeness (QED) is 0.0935. The van der Waals surface area contributed by atoms with Gasteiger partial charge in [0.15, 0.2) is 0 Å². The van der Waals surface area contributed by atoms with Crippen LogP contribution in [-0.4, -0.2) is 216 Å². The maximum atomic E-state index is 13.9. The number of likely N-dealkylation sites (N-methyl/N-ethyl adjacent to an activating group) is 4. The number of aromatic hydroxyl groups is 4. The van der Waals surface area contributed by atoms with Gasteiger partial charge >= 0.3 is 0 Å². The highest BCUT2D eigenvalue weighted by molar-refractivity contribution is 6.34. The highest BCUT2D eigenvalue weighted by atomic mass is 16.6. The first-order valence-corrected chi connectivity index (χ1v) is 23.9. The van der Waals surface area contributed by atoms with Crippen molar-refractivity contribution in [2.45, 2.75) is 12.8 Å². The first-order chi connectivity index (χ1) is 33.0. The van der Waals surface area contributed by atoms with Crippen molar-refractivity contribution >= 4 is 45.9 Å². The van der Waals surface area contributed by atoms with Crippen LogP contribution in [0.1, 0.15) is 76.5 Å². The van der Waals surface area contributed by atoms with Crippen molar-refractivity contribution in [3.63, 3.8) is 0 Å². The zero-order valence-electron chi connectivity index (χ0n) is 40.1. The summed E-state index contributed by atoms with van der Waals surface area (Å²) in [5.41, 5.74) is 2.42. The van der Waals surface area contributed by atoms with Gasteiger partial charge in [-0.3, -0.25) is 19.2 Å². The average Bonchev–Trinajstić information content (AvgIpc) is 3.61. The Labute approximate surface area is 405 Å². The van der Waals surface area contributed by atoms with E-state index in [1.807, 2.05) is 43.9 Å². The minimum Gasteiger partial charge on any atom is -0.507 e. The van der Waals surface area contributed by atoms with Gasteiger partial charge in [0.25, 0.3) is 0 Å². The number of phenols is 4. The monoisotopic (exact) mass is 968 g/mol. The van der Waals surface area contributed by atoms with Crippen LogP contribution in [0.25, 0.3) is 0 Å². The molecule has 4 aliphatic heterocycles.